The molecule has 4 heteroatoms. The summed E-state index contributed by atoms with van der Waals surface area (Å²) in [6.07, 6.45) is -0.0154. The Morgan fingerprint density at radius 2 is 2.17 bits per heavy atom. The van der Waals surface area contributed by atoms with Gasteiger partial charge in [0.15, 0.2) is 0 Å². The summed E-state index contributed by atoms with van der Waals surface area (Å²) in [7, 11) is 1.68. The predicted molar refractivity (Wildman–Crippen MR) is 70.0 cm³/mol. The second-order valence-corrected chi connectivity index (χ2v) is 4.29. The zero-order valence-electron chi connectivity index (χ0n) is 11.1. The Morgan fingerprint density at radius 3 is 2.78 bits per heavy atom. The quantitative estimate of drug-likeness (QED) is 0.773. The van der Waals surface area contributed by atoms with Crippen LogP contribution in [-0.2, 0) is 4.74 Å². The molecule has 0 saturated heterocycles. The van der Waals surface area contributed by atoms with Gasteiger partial charge in [-0.3, -0.25) is 0 Å². The minimum atomic E-state index is -0.614. The van der Waals surface area contributed by atoms with Crippen LogP contribution in [0.25, 0.3) is 0 Å². The summed E-state index contributed by atoms with van der Waals surface area (Å²) >= 11 is 0. The average Bonchev–Trinajstić information content (AvgIpc) is 2.38. The van der Waals surface area contributed by atoms with Crippen LogP contribution in [0, 0.1) is 5.82 Å². The van der Waals surface area contributed by atoms with Crippen molar-refractivity contribution in [1.82, 2.24) is 4.90 Å². The van der Waals surface area contributed by atoms with E-state index in [-0.39, 0.29) is 5.82 Å². The van der Waals surface area contributed by atoms with Gasteiger partial charge in [0, 0.05) is 20.2 Å². The normalized spacial score (nSPS) is 12.9. The molecule has 1 N–H and O–H groups in total. The number of aliphatic hydroxyl groups excluding tert-OH is 1. The summed E-state index contributed by atoms with van der Waals surface area (Å²) in [5.74, 6) is -0.307. The molecule has 0 bridgehead atoms. The minimum Gasteiger partial charge on any atom is -0.388 e. The summed E-state index contributed by atoms with van der Waals surface area (Å²) < 4.78 is 18.0. The van der Waals surface area contributed by atoms with Crippen LogP contribution >= 0.6 is 0 Å². The molecule has 1 rings (SSSR count). The highest BCUT2D eigenvalue weighted by molar-refractivity contribution is 5.18. The zero-order valence-corrected chi connectivity index (χ0v) is 11.1. The number of aliphatic hydroxyl groups is 1. The Bertz CT molecular complexity index is 346. The van der Waals surface area contributed by atoms with Crippen molar-refractivity contribution in [3.8, 4) is 0 Å². The van der Waals surface area contributed by atoms with E-state index in [1.165, 1.54) is 12.1 Å². The number of benzene rings is 1. The maximum Gasteiger partial charge on any atom is 0.123 e. The predicted octanol–water partition coefficient (Wildman–Crippen LogP) is 2.22. The topological polar surface area (TPSA) is 32.7 Å². The molecule has 18 heavy (non-hydrogen) atoms. The molecule has 0 aromatic heterocycles. The Morgan fingerprint density at radius 1 is 1.39 bits per heavy atom. The van der Waals surface area contributed by atoms with Crippen LogP contribution in [-0.4, -0.2) is 43.4 Å². The lowest BCUT2D eigenvalue weighted by Crippen LogP contribution is -2.29. The summed E-state index contributed by atoms with van der Waals surface area (Å²) in [5.41, 5.74) is 0.637. The molecule has 0 aliphatic rings. The lowest BCUT2D eigenvalue weighted by molar-refractivity contribution is 0.120. The summed E-state index contributed by atoms with van der Waals surface area (Å²) in [5, 5.41) is 9.99. The first-order valence-electron chi connectivity index (χ1n) is 6.32. The van der Waals surface area contributed by atoms with Gasteiger partial charge >= 0.3 is 0 Å². The number of methoxy groups -OCH3 is 1. The smallest absolute Gasteiger partial charge is 0.123 e. The van der Waals surface area contributed by atoms with Crippen LogP contribution in [0.1, 0.15) is 25.0 Å². The number of ether oxygens (including phenoxy) is 1. The van der Waals surface area contributed by atoms with E-state index >= 15 is 0 Å². The standard InChI is InChI=1S/C14H22FNO2/c1-3-16(9-10-18-2)8-7-14(17)12-5-4-6-13(15)11-12/h4-6,11,14,17H,3,7-10H2,1-2H3. The molecule has 0 fully saturated rings. The third-order valence-corrected chi connectivity index (χ3v) is 3.01. The monoisotopic (exact) mass is 255 g/mol. The summed E-state index contributed by atoms with van der Waals surface area (Å²) in [6, 6.07) is 6.14. The van der Waals surface area contributed by atoms with Gasteiger partial charge in [0.05, 0.1) is 12.7 Å². The van der Waals surface area contributed by atoms with Crippen LogP contribution in [0.2, 0.25) is 0 Å². The first-order valence-corrected chi connectivity index (χ1v) is 6.32. The maximum absolute atomic E-state index is 13.0. The number of hydrogen-bond donors (Lipinski definition) is 1. The summed E-state index contributed by atoms with van der Waals surface area (Å²) in [6.45, 7) is 5.30. The van der Waals surface area contributed by atoms with Crippen LogP contribution in [0.4, 0.5) is 4.39 Å². The van der Waals surface area contributed by atoms with Gasteiger partial charge in [0.25, 0.3) is 0 Å². The largest absolute Gasteiger partial charge is 0.388 e. The number of likely N-dealkylation sites (N-methyl/N-ethyl adjacent to an activating group) is 1. The lowest BCUT2D eigenvalue weighted by Gasteiger charge is -2.21. The van der Waals surface area contributed by atoms with Crippen molar-refractivity contribution in [2.24, 2.45) is 0 Å². The second kappa shape index (κ2) is 8.19. The zero-order chi connectivity index (χ0) is 13.4. The first kappa shape index (κ1) is 15.1. The molecule has 0 heterocycles. The van der Waals surface area contributed by atoms with Crippen LogP contribution in [0.3, 0.4) is 0 Å². The van der Waals surface area contributed by atoms with Crippen LogP contribution < -0.4 is 0 Å². The van der Waals surface area contributed by atoms with E-state index in [1.54, 1.807) is 19.2 Å². The Labute approximate surface area is 108 Å². The minimum absolute atomic E-state index is 0.307. The molecule has 1 aromatic carbocycles. The maximum atomic E-state index is 13.0. The van der Waals surface area contributed by atoms with Crippen molar-refractivity contribution >= 4 is 0 Å². The van der Waals surface area contributed by atoms with E-state index in [0.29, 0.717) is 18.6 Å². The van der Waals surface area contributed by atoms with Crippen molar-refractivity contribution < 1.29 is 14.2 Å². The van der Waals surface area contributed by atoms with Gasteiger partial charge in [-0.2, -0.15) is 0 Å². The fourth-order valence-corrected chi connectivity index (χ4v) is 1.83. The van der Waals surface area contributed by atoms with Crippen molar-refractivity contribution in [3.63, 3.8) is 0 Å². The Hall–Kier alpha value is -0.970. The van der Waals surface area contributed by atoms with E-state index in [0.717, 1.165) is 19.6 Å². The molecule has 0 aliphatic heterocycles. The highest BCUT2D eigenvalue weighted by Crippen LogP contribution is 2.17. The van der Waals surface area contributed by atoms with Gasteiger partial charge in [-0.1, -0.05) is 19.1 Å². The van der Waals surface area contributed by atoms with Crippen LogP contribution in [0.15, 0.2) is 24.3 Å². The highest BCUT2D eigenvalue weighted by atomic mass is 19.1. The van der Waals surface area contributed by atoms with Crippen molar-refractivity contribution in [2.45, 2.75) is 19.4 Å². The number of hydrogen-bond acceptors (Lipinski definition) is 3. The number of rotatable bonds is 8. The van der Waals surface area contributed by atoms with Gasteiger partial charge in [0.1, 0.15) is 5.82 Å². The molecule has 0 radical (unpaired) electrons. The molecule has 0 spiro atoms. The van der Waals surface area contributed by atoms with E-state index in [2.05, 4.69) is 11.8 Å². The Balaban J connectivity index is 2.42. The first-order chi connectivity index (χ1) is 8.67. The van der Waals surface area contributed by atoms with E-state index < -0.39 is 6.10 Å². The number of halogens is 1. The SMILES string of the molecule is CCN(CCOC)CCC(O)c1cccc(F)c1. The van der Waals surface area contributed by atoms with Crippen molar-refractivity contribution in [2.75, 3.05) is 33.4 Å². The second-order valence-electron chi connectivity index (χ2n) is 4.29. The van der Waals surface area contributed by atoms with Crippen molar-refractivity contribution in [1.29, 1.82) is 0 Å². The van der Waals surface area contributed by atoms with Gasteiger partial charge in [-0.15, -0.1) is 0 Å². The summed E-state index contributed by atoms with van der Waals surface area (Å²) in [4.78, 5) is 2.20. The third kappa shape index (κ3) is 5.12. The molecular formula is C14H22FNO2. The fraction of sp³-hybridized carbons (Fsp3) is 0.571. The van der Waals surface area contributed by atoms with Gasteiger partial charge < -0.3 is 14.7 Å². The molecule has 0 aliphatic carbocycles. The Kier molecular flexibility index (Phi) is 6.86. The van der Waals surface area contributed by atoms with Crippen molar-refractivity contribution in [3.05, 3.63) is 35.6 Å². The lowest BCUT2D eigenvalue weighted by atomic mass is 10.1. The van der Waals surface area contributed by atoms with Gasteiger partial charge in [-0.05, 0) is 30.7 Å². The van der Waals surface area contributed by atoms with Gasteiger partial charge in [0.2, 0.25) is 0 Å². The number of nitrogens with zero attached hydrogens (tertiary/aromatic N) is 1. The average molecular weight is 255 g/mol. The highest BCUT2D eigenvalue weighted by Gasteiger charge is 2.10. The van der Waals surface area contributed by atoms with Gasteiger partial charge in [-0.25, -0.2) is 4.39 Å². The molecule has 1 aromatic rings. The fourth-order valence-electron chi connectivity index (χ4n) is 1.83. The third-order valence-electron chi connectivity index (χ3n) is 3.01. The molecule has 1 atom stereocenters. The molecule has 102 valence electrons. The van der Waals surface area contributed by atoms with E-state index in [1.807, 2.05) is 0 Å². The van der Waals surface area contributed by atoms with Crippen LogP contribution in [0.5, 0.6) is 0 Å². The molecule has 1 unspecified atom stereocenters. The molecule has 0 amide bonds. The van der Waals surface area contributed by atoms with E-state index in [9.17, 15) is 9.50 Å². The molecule has 3 nitrogen and oxygen atoms in total. The molecule has 0 saturated carbocycles. The van der Waals surface area contributed by atoms with E-state index in [4.69, 9.17) is 4.74 Å². The molecular weight excluding hydrogens is 233 g/mol.